The zero-order valence-electron chi connectivity index (χ0n) is 9.94. The maximum atomic E-state index is 13.0. The van der Waals surface area contributed by atoms with Crippen LogP contribution in [0.15, 0.2) is 33.6 Å². The number of carboxylic acid groups (broad SMARTS) is 1. The summed E-state index contributed by atoms with van der Waals surface area (Å²) in [5.41, 5.74) is 0.794. The molecule has 0 fully saturated rings. The zero-order chi connectivity index (χ0) is 14.0. The molecule has 1 N–H and O–H groups in total. The summed E-state index contributed by atoms with van der Waals surface area (Å²) in [5.74, 6) is -0.531. The monoisotopic (exact) mass is 300 g/mol. The van der Waals surface area contributed by atoms with Crippen molar-refractivity contribution in [3.05, 3.63) is 52.2 Å². The number of carboxylic acids is 1. The summed E-state index contributed by atoms with van der Waals surface area (Å²) < 4.78 is 18.1. The first kappa shape index (κ1) is 14.0. The van der Waals surface area contributed by atoms with E-state index in [2.05, 4.69) is 0 Å². The van der Waals surface area contributed by atoms with Crippen LogP contribution in [0, 0.1) is 12.7 Å². The number of aryl methyl sites for hydroxylation is 1. The van der Waals surface area contributed by atoms with E-state index >= 15 is 0 Å². The lowest BCUT2D eigenvalue weighted by Gasteiger charge is -2.02. The summed E-state index contributed by atoms with van der Waals surface area (Å²) in [6.45, 7) is 1.71. The van der Waals surface area contributed by atoms with Crippen molar-refractivity contribution in [1.82, 2.24) is 0 Å². The highest BCUT2D eigenvalue weighted by molar-refractivity contribution is 7.98. The summed E-state index contributed by atoms with van der Waals surface area (Å²) in [7, 11) is 0. The van der Waals surface area contributed by atoms with Crippen molar-refractivity contribution in [2.24, 2.45) is 0 Å². The smallest absolute Gasteiger partial charge is 0.371 e. The van der Waals surface area contributed by atoms with Gasteiger partial charge in [0.25, 0.3) is 0 Å². The van der Waals surface area contributed by atoms with Crippen LogP contribution in [0.2, 0.25) is 5.02 Å². The van der Waals surface area contributed by atoms with Gasteiger partial charge in [0.15, 0.2) is 0 Å². The lowest BCUT2D eigenvalue weighted by molar-refractivity contribution is 0.0661. The van der Waals surface area contributed by atoms with E-state index in [-0.39, 0.29) is 10.8 Å². The Balaban J connectivity index is 2.09. The van der Waals surface area contributed by atoms with Gasteiger partial charge in [-0.25, -0.2) is 9.18 Å². The van der Waals surface area contributed by atoms with Crippen molar-refractivity contribution in [1.29, 1.82) is 0 Å². The van der Waals surface area contributed by atoms with Crippen LogP contribution in [0.4, 0.5) is 4.39 Å². The average molecular weight is 301 g/mol. The summed E-state index contributed by atoms with van der Waals surface area (Å²) >= 11 is 7.12. The molecule has 0 aliphatic heterocycles. The highest BCUT2D eigenvalue weighted by Gasteiger charge is 2.13. The van der Waals surface area contributed by atoms with Crippen LogP contribution in [0.5, 0.6) is 0 Å². The van der Waals surface area contributed by atoms with Crippen molar-refractivity contribution < 1.29 is 18.7 Å². The molecule has 2 rings (SSSR count). The minimum Gasteiger partial charge on any atom is -0.475 e. The normalized spacial score (nSPS) is 10.7. The van der Waals surface area contributed by atoms with Crippen LogP contribution in [0.25, 0.3) is 0 Å². The first-order valence-electron chi connectivity index (χ1n) is 5.38. The number of hydrogen-bond donors (Lipinski definition) is 1. The number of hydrogen-bond acceptors (Lipinski definition) is 3. The summed E-state index contributed by atoms with van der Waals surface area (Å²) in [6, 6.07) is 5.96. The molecule has 0 radical (unpaired) electrons. The number of aromatic carboxylic acids is 1. The highest BCUT2D eigenvalue weighted by atomic mass is 35.5. The van der Waals surface area contributed by atoms with E-state index in [1.54, 1.807) is 13.0 Å². The van der Waals surface area contributed by atoms with Crippen LogP contribution in [0.1, 0.15) is 21.9 Å². The molecule has 1 aromatic heterocycles. The maximum absolute atomic E-state index is 13.0. The standard InChI is InChI=1S/C13H10ClFO3S/c1-7-8(4-12(18-7)13(16)17)6-19-9-2-3-11(15)10(14)5-9/h2-5H,6H2,1H3,(H,16,17). The molecule has 19 heavy (non-hydrogen) atoms. The van der Waals surface area contributed by atoms with Gasteiger partial charge in [-0.1, -0.05) is 11.6 Å². The van der Waals surface area contributed by atoms with E-state index in [9.17, 15) is 9.18 Å². The largest absolute Gasteiger partial charge is 0.475 e. The molecule has 1 heterocycles. The summed E-state index contributed by atoms with van der Waals surface area (Å²) in [5, 5.41) is 8.88. The van der Waals surface area contributed by atoms with Gasteiger partial charge in [0.1, 0.15) is 11.6 Å². The molecule has 0 spiro atoms. The third-order valence-corrected chi connectivity index (χ3v) is 3.85. The van der Waals surface area contributed by atoms with E-state index in [1.165, 1.54) is 30.0 Å². The number of rotatable bonds is 4. The molecule has 2 aromatic rings. The van der Waals surface area contributed by atoms with Gasteiger partial charge < -0.3 is 9.52 Å². The number of benzene rings is 1. The van der Waals surface area contributed by atoms with Crippen molar-refractivity contribution >= 4 is 29.3 Å². The van der Waals surface area contributed by atoms with Gasteiger partial charge in [0.05, 0.1) is 5.02 Å². The van der Waals surface area contributed by atoms with Gasteiger partial charge in [-0.15, -0.1) is 11.8 Å². The minimum absolute atomic E-state index is 0.0696. The molecule has 3 nitrogen and oxygen atoms in total. The van der Waals surface area contributed by atoms with Crippen molar-refractivity contribution in [3.8, 4) is 0 Å². The summed E-state index contributed by atoms with van der Waals surface area (Å²) in [6.07, 6.45) is 0. The molecule has 0 aliphatic carbocycles. The van der Waals surface area contributed by atoms with Gasteiger partial charge in [-0.05, 0) is 31.2 Å². The Morgan fingerprint density at radius 1 is 1.47 bits per heavy atom. The number of furan rings is 1. The van der Waals surface area contributed by atoms with Crippen LogP contribution >= 0.6 is 23.4 Å². The van der Waals surface area contributed by atoms with Gasteiger partial charge in [0, 0.05) is 16.2 Å². The SMILES string of the molecule is Cc1oc(C(=O)O)cc1CSc1ccc(F)c(Cl)c1. The van der Waals surface area contributed by atoms with Crippen LogP contribution in [0.3, 0.4) is 0 Å². The Morgan fingerprint density at radius 2 is 2.21 bits per heavy atom. The number of thioether (sulfide) groups is 1. The van der Waals surface area contributed by atoms with E-state index < -0.39 is 11.8 Å². The van der Waals surface area contributed by atoms with Crippen molar-refractivity contribution in [3.63, 3.8) is 0 Å². The number of halogens is 2. The molecule has 0 saturated heterocycles. The Hall–Kier alpha value is -1.46. The maximum Gasteiger partial charge on any atom is 0.371 e. The van der Waals surface area contributed by atoms with E-state index in [1.807, 2.05) is 0 Å². The van der Waals surface area contributed by atoms with Gasteiger partial charge >= 0.3 is 5.97 Å². The van der Waals surface area contributed by atoms with E-state index in [0.717, 1.165) is 10.5 Å². The molecule has 0 saturated carbocycles. The predicted molar refractivity (Wildman–Crippen MR) is 71.4 cm³/mol. The third kappa shape index (κ3) is 3.30. The topological polar surface area (TPSA) is 50.4 Å². The van der Waals surface area contributed by atoms with Crippen LogP contribution in [-0.2, 0) is 5.75 Å². The van der Waals surface area contributed by atoms with Crippen LogP contribution < -0.4 is 0 Å². The fourth-order valence-electron chi connectivity index (χ4n) is 1.50. The van der Waals surface area contributed by atoms with Gasteiger partial charge in [0.2, 0.25) is 5.76 Å². The molecule has 0 unspecified atom stereocenters. The molecule has 1 aromatic carbocycles. The third-order valence-electron chi connectivity index (χ3n) is 2.52. The molecular weight excluding hydrogens is 291 g/mol. The van der Waals surface area contributed by atoms with Gasteiger partial charge in [-0.3, -0.25) is 0 Å². The predicted octanol–water partition coefficient (Wildman–Crippen LogP) is 4.37. The van der Waals surface area contributed by atoms with Crippen LogP contribution in [-0.4, -0.2) is 11.1 Å². The van der Waals surface area contributed by atoms with E-state index in [4.69, 9.17) is 21.1 Å². The quantitative estimate of drug-likeness (QED) is 0.852. The fourth-order valence-corrected chi connectivity index (χ4v) is 2.72. The molecule has 0 bridgehead atoms. The lowest BCUT2D eigenvalue weighted by Crippen LogP contribution is -1.91. The first-order valence-corrected chi connectivity index (χ1v) is 6.74. The second kappa shape index (κ2) is 5.67. The molecule has 0 amide bonds. The molecule has 0 aliphatic rings. The first-order chi connectivity index (χ1) is 8.97. The second-order valence-corrected chi connectivity index (χ2v) is 5.32. The van der Waals surface area contributed by atoms with Gasteiger partial charge in [-0.2, -0.15) is 0 Å². The number of carbonyl (C=O) groups is 1. The minimum atomic E-state index is -1.09. The fraction of sp³-hybridized carbons (Fsp3) is 0.154. The Labute approximate surface area is 118 Å². The van der Waals surface area contributed by atoms with Crippen molar-refractivity contribution in [2.45, 2.75) is 17.6 Å². The molecule has 0 atom stereocenters. The lowest BCUT2D eigenvalue weighted by atomic mass is 10.3. The zero-order valence-corrected chi connectivity index (χ0v) is 11.5. The second-order valence-electron chi connectivity index (χ2n) is 3.86. The van der Waals surface area contributed by atoms with E-state index in [0.29, 0.717) is 11.5 Å². The Kier molecular flexibility index (Phi) is 4.17. The highest BCUT2D eigenvalue weighted by Crippen LogP contribution is 2.28. The molecular formula is C13H10ClFO3S. The Bertz CT molecular complexity index is 624. The Morgan fingerprint density at radius 3 is 2.79 bits per heavy atom. The molecule has 6 heteroatoms. The van der Waals surface area contributed by atoms with Crippen molar-refractivity contribution in [2.75, 3.05) is 0 Å². The molecule has 100 valence electrons. The summed E-state index contributed by atoms with van der Waals surface area (Å²) in [4.78, 5) is 11.6. The average Bonchev–Trinajstić information content (AvgIpc) is 2.73.